The number of aromatic nitrogens is 1. The molecule has 0 unspecified atom stereocenters. The number of halogens is 1. The minimum atomic E-state index is -3.91. The molecule has 0 atom stereocenters. The van der Waals surface area contributed by atoms with Gasteiger partial charge in [-0.2, -0.15) is 4.31 Å². The minimum absolute atomic E-state index is 0.0370. The molecule has 166 valence electrons. The maximum absolute atomic E-state index is 13.0. The van der Waals surface area contributed by atoms with Crippen molar-refractivity contribution in [2.24, 2.45) is 0 Å². The van der Waals surface area contributed by atoms with Gasteiger partial charge in [-0.1, -0.05) is 11.6 Å². The minimum Gasteiger partial charge on any atom is -0.495 e. The maximum Gasteiger partial charge on any atom is 0.338 e. The highest BCUT2D eigenvalue weighted by molar-refractivity contribution is 7.89. The Bertz CT molecular complexity index is 1050. The summed E-state index contributed by atoms with van der Waals surface area (Å²) in [6, 6.07) is 6.93. The number of hydrogen-bond acceptors (Lipinski definition) is 8. The molecular formula is C19H20ClN3O7S. The number of nitrogens with zero attached hydrogens (tertiary/aromatic N) is 2. The van der Waals surface area contributed by atoms with Crippen molar-refractivity contribution < 1.29 is 32.2 Å². The second-order valence-corrected chi connectivity index (χ2v) is 8.71. The van der Waals surface area contributed by atoms with E-state index in [1.165, 1.54) is 41.9 Å². The fourth-order valence-electron chi connectivity index (χ4n) is 2.77. The molecule has 0 spiro atoms. The molecule has 1 fully saturated rings. The smallest absolute Gasteiger partial charge is 0.338 e. The number of anilines is 1. The van der Waals surface area contributed by atoms with Crippen LogP contribution >= 0.6 is 11.6 Å². The summed E-state index contributed by atoms with van der Waals surface area (Å²) in [4.78, 5) is 28.1. The third kappa shape index (κ3) is 5.70. The molecule has 10 nitrogen and oxygen atoms in total. The molecule has 2 heterocycles. The number of benzene rings is 1. The van der Waals surface area contributed by atoms with E-state index in [2.05, 4.69) is 10.3 Å². The lowest BCUT2D eigenvalue weighted by Gasteiger charge is -2.26. The number of amides is 1. The molecule has 0 aliphatic carbocycles. The molecule has 1 aromatic carbocycles. The first-order valence-corrected chi connectivity index (χ1v) is 11.0. The predicted molar refractivity (Wildman–Crippen MR) is 111 cm³/mol. The molecule has 1 aliphatic heterocycles. The van der Waals surface area contributed by atoms with Crippen LogP contribution in [-0.2, 0) is 24.3 Å². The van der Waals surface area contributed by atoms with Crippen LogP contribution in [0.1, 0.15) is 10.4 Å². The van der Waals surface area contributed by atoms with Gasteiger partial charge in [0.2, 0.25) is 10.0 Å². The highest BCUT2D eigenvalue weighted by Gasteiger charge is 2.30. The van der Waals surface area contributed by atoms with E-state index in [0.717, 1.165) is 0 Å². The first-order chi connectivity index (χ1) is 14.8. The molecule has 3 rings (SSSR count). The van der Waals surface area contributed by atoms with Crippen LogP contribution in [0.4, 0.5) is 5.82 Å². The lowest BCUT2D eigenvalue weighted by Crippen LogP contribution is -2.40. The van der Waals surface area contributed by atoms with Gasteiger partial charge in [0.25, 0.3) is 5.91 Å². The van der Waals surface area contributed by atoms with Crippen molar-refractivity contribution in [3.8, 4) is 5.75 Å². The second kappa shape index (κ2) is 10.1. The number of nitrogens with one attached hydrogen (secondary N) is 1. The first-order valence-electron chi connectivity index (χ1n) is 9.15. The van der Waals surface area contributed by atoms with Gasteiger partial charge >= 0.3 is 5.97 Å². The van der Waals surface area contributed by atoms with Gasteiger partial charge in [-0.05, 0) is 30.3 Å². The number of sulfonamides is 1. The number of pyridine rings is 1. The highest BCUT2D eigenvalue weighted by atomic mass is 35.5. The molecule has 0 saturated carbocycles. The van der Waals surface area contributed by atoms with Crippen LogP contribution in [0.5, 0.6) is 5.75 Å². The molecule has 31 heavy (non-hydrogen) atoms. The Labute approximate surface area is 184 Å². The first kappa shape index (κ1) is 22.9. The summed E-state index contributed by atoms with van der Waals surface area (Å²) >= 11 is 5.73. The van der Waals surface area contributed by atoms with Gasteiger partial charge in [0.15, 0.2) is 6.61 Å². The molecule has 1 N–H and O–H groups in total. The summed E-state index contributed by atoms with van der Waals surface area (Å²) in [7, 11) is -2.58. The van der Waals surface area contributed by atoms with Gasteiger partial charge in [0.1, 0.15) is 16.5 Å². The maximum atomic E-state index is 13.0. The Kier molecular flexibility index (Phi) is 7.44. The fraction of sp³-hybridized carbons (Fsp3) is 0.316. The SMILES string of the molecule is COc1ccc(C(=O)OCC(=O)Nc2ccc(Cl)cn2)cc1S(=O)(=O)N1CCOCC1. The quantitative estimate of drug-likeness (QED) is 0.606. The van der Waals surface area contributed by atoms with E-state index in [1.54, 1.807) is 6.07 Å². The van der Waals surface area contributed by atoms with E-state index in [1.807, 2.05) is 0 Å². The average molecular weight is 470 g/mol. The summed E-state index contributed by atoms with van der Waals surface area (Å²) in [5.41, 5.74) is -0.0370. The molecule has 1 aliphatic rings. The Hall–Kier alpha value is -2.73. The van der Waals surface area contributed by atoms with Gasteiger partial charge in [-0.25, -0.2) is 18.2 Å². The van der Waals surface area contributed by atoms with Crippen molar-refractivity contribution >= 4 is 39.3 Å². The van der Waals surface area contributed by atoms with Crippen molar-refractivity contribution in [3.05, 3.63) is 47.1 Å². The fourth-order valence-corrected chi connectivity index (χ4v) is 4.48. The summed E-state index contributed by atoms with van der Waals surface area (Å²) < 4.78 is 42.6. The van der Waals surface area contributed by atoms with Crippen LogP contribution in [0.3, 0.4) is 0 Å². The normalized spacial score (nSPS) is 14.6. The Balaban J connectivity index is 1.70. The van der Waals surface area contributed by atoms with Crippen LogP contribution in [-0.4, -0.2) is 69.6 Å². The zero-order valence-corrected chi connectivity index (χ0v) is 18.1. The van der Waals surface area contributed by atoms with E-state index < -0.39 is 28.5 Å². The van der Waals surface area contributed by atoms with E-state index in [4.69, 9.17) is 25.8 Å². The third-order valence-corrected chi connectivity index (χ3v) is 6.46. The second-order valence-electron chi connectivity index (χ2n) is 6.37. The van der Waals surface area contributed by atoms with Crippen molar-refractivity contribution in [1.29, 1.82) is 0 Å². The summed E-state index contributed by atoms with van der Waals surface area (Å²) in [5.74, 6) is -1.14. The number of morpholine rings is 1. The third-order valence-electron chi connectivity index (χ3n) is 4.32. The molecule has 0 radical (unpaired) electrons. The summed E-state index contributed by atoms with van der Waals surface area (Å²) in [6.07, 6.45) is 1.36. The van der Waals surface area contributed by atoms with Gasteiger partial charge in [-0.3, -0.25) is 4.79 Å². The number of esters is 1. The lowest BCUT2D eigenvalue weighted by molar-refractivity contribution is -0.119. The number of carbonyl (C=O) groups is 2. The Morgan fingerprint density at radius 2 is 1.97 bits per heavy atom. The lowest BCUT2D eigenvalue weighted by atomic mass is 10.2. The van der Waals surface area contributed by atoms with E-state index in [9.17, 15) is 18.0 Å². The van der Waals surface area contributed by atoms with Gasteiger partial charge < -0.3 is 19.5 Å². The van der Waals surface area contributed by atoms with E-state index >= 15 is 0 Å². The van der Waals surface area contributed by atoms with Gasteiger partial charge in [0, 0.05) is 19.3 Å². The Morgan fingerprint density at radius 1 is 1.23 bits per heavy atom. The topological polar surface area (TPSA) is 124 Å². The van der Waals surface area contributed by atoms with Crippen molar-refractivity contribution in [2.45, 2.75) is 4.90 Å². The molecule has 1 aromatic heterocycles. The molecular weight excluding hydrogens is 450 g/mol. The van der Waals surface area contributed by atoms with Crippen LogP contribution in [0, 0.1) is 0 Å². The standard InChI is InChI=1S/C19H20ClN3O7S/c1-28-15-4-2-13(10-16(15)31(26,27)23-6-8-29-9-7-23)19(25)30-12-18(24)22-17-5-3-14(20)11-21-17/h2-5,10-11H,6-9,12H2,1H3,(H,21,22,24). The molecule has 12 heteroatoms. The molecule has 1 amide bonds. The van der Waals surface area contributed by atoms with Crippen molar-refractivity contribution in [3.63, 3.8) is 0 Å². The molecule has 1 saturated heterocycles. The average Bonchev–Trinajstić information content (AvgIpc) is 2.79. The monoisotopic (exact) mass is 469 g/mol. The molecule has 2 aromatic rings. The zero-order valence-electron chi connectivity index (χ0n) is 16.5. The number of carbonyl (C=O) groups excluding carboxylic acids is 2. The Morgan fingerprint density at radius 3 is 2.61 bits per heavy atom. The number of ether oxygens (including phenoxy) is 3. The zero-order chi connectivity index (χ0) is 22.4. The highest BCUT2D eigenvalue weighted by Crippen LogP contribution is 2.28. The van der Waals surface area contributed by atoms with Crippen LogP contribution in [0.2, 0.25) is 5.02 Å². The number of methoxy groups -OCH3 is 1. The van der Waals surface area contributed by atoms with Crippen LogP contribution in [0.15, 0.2) is 41.4 Å². The van der Waals surface area contributed by atoms with Crippen LogP contribution < -0.4 is 10.1 Å². The number of hydrogen-bond donors (Lipinski definition) is 1. The van der Waals surface area contributed by atoms with Crippen LogP contribution in [0.25, 0.3) is 0 Å². The number of rotatable bonds is 7. The summed E-state index contributed by atoms with van der Waals surface area (Å²) in [5, 5.41) is 2.86. The van der Waals surface area contributed by atoms with E-state index in [-0.39, 0.29) is 48.3 Å². The van der Waals surface area contributed by atoms with Crippen molar-refractivity contribution in [1.82, 2.24) is 9.29 Å². The van der Waals surface area contributed by atoms with Crippen molar-refractivity contribution in [2.75, 3.05) is 45.3 Å². The largest absolute Gasteiger partial charge is 0.495 e. The summed E-state index contributed by atoms with van der Waals surface area (Å²) in [6.45, 7) is 0.362. The van der Waals surface area contributed by atoms with Gasteiger partial charge in [0.05, 0.1) is 30.9 Å². The predicted octanol–water partition coefficient (Wildman–Crippen LogP) is 1.56. The van der Waals surface area contributed by atoms with E-state index in [0.29, 0.717) is 5.02 Å². The van der Waals surface area contributed by atoms with Gasteiger partial charge in [-0.15, -0.1) is 0 Å². The molecule has 0 bridgehead atoms.